The maximum Gasteiger partial charge on any atom is 0.243 e. The summed E-state index contributed by atoms with van der Waals surface area (Å²) in [6.45, 7) is 3.83. The minimum Gasteiger partial charge on any atom is -0.491 e. The van der Waals surface area contributed by atoms with Crippen LogP contribution in [0.2, 0.25) is 0 Å². The molecule has 0 saturated carbocycles. The van der Waals surface area contributed by atoms with E-state index in [-0.39, 0.29) is 24.0 Å². The van der Waals surface area contributed by atoms with Crippen LogP contribution in [0.1, 0.15) is 32.1 Å². The molecule has 136 valence electrons. The molecule has 1 N–H and O–H groups in total. The van der Waals surface area contributed by atoms with Crippen LogP contribution in [0.15, 0.2) is 35.5 Å². The molecule has 1 aromatic carbocycles. The summed E-state index contributed by atoms with van der Waals surface area (Å²) in [5, 5.41) is 14.2. The van der Waals surface area contributed by atoms with Crippen molar-refractivity contribution in [2.45, 2.75) is 43.4 Å². The van der Waals surface area contributed by atoms with Crippen LogP contribution in [0.3, 0.4) is 0 Å². The number of benzene rings is 1. The number of hydrogen-bond donors (Lipinski definition) is 1. The first-order valence-electron chi connectivity index (χ1n) is 8.09. The van der Waals surface area contributed by atoms with Crippen LogP contribution < -0.4 is 4.74 Å². The van der Waals surface area contributed by atoms with Crippen LogP contribution in [0.5, 0.6) is 5.75 Å². The van der Waals surface area contributed by atoms with Crippen molar-refractivity contribution in [2.24, 2.45) is 7.05 Å². The molecular weight excluding hydrogens is 344 g/mol. The second-order valence-electron chi connectivity index (χ2n) is 6.39. The Balaban J connectivity index is 1.89. The number of aromatic nitrogens is 3. The minimum atomic E-state index is -3.78. The fourth-order valence-electron chi connectivity index (χ4n) is 2.89. The first kappa shape index (κ1) is 17.8. The van der Waals surface area contributed by atoms with Gasteiger partial charge in [-0.2, -0.15) is 9.40 Å². The Labute approximate surface area is 147 Å². The molecule has 9 heteroatoms. The third kappa shape index (κ3) is 3.68. The number of rotatable bonds is 5. The summed E-state index contributed by atoms with van der Waals surface area (Å²) in [4.78, 5) is 4.30. The van der Waals surface area contributed by atoms with Crippen LogP contribution in [0, 0.1) is 0 Å². The average Bonchev–Trinajstić information content (AvgIpc) is 3.13. The molecule has 2 aromatic rings. The van der Waals surface area contributed by atoms with Crippen LogP contribution in [-0.2, 0) is 17.1 Å². The van der Waals surface area contributed by atoms with Crippen molar-refractivity contribution in [2.75, 3.05) is 6.54 Å². The Morgan fingerprint density at radius 2 is 1.96 bits per heavy atom. The summed E-state index contributed by atoms with van der Waals surface area (Å²) in [6.07, 6.45) is 1.06. The van der Waals surface area contributed by atoms with Gasteiger partial charge in [-0.15, -0.1) is 0 Å². The second kappa shape index (κ2) is 6.74. The highest BCUT2D eigenvalue weighted by molar-refractivity contribution is 7.89. The molecule has 0 unspecified atom stereocenters. The molecule has 1 aromatic heterocycles. The number of aryl methyl sites for hydroxylation is 1. The third-order valence-electron chi connectivity index (χ3n) is 3.95. The van der Waals surface area contributed by atoms with Crippen molar-refractivity contribution in [3.05, 3.63) is 36.4 Å². The molecule has 3 rings (SSSR count). The van der Waals surface area contributed by atoms with E-state index in [0.29, 0.717) is 11.6 Å². The molecule has 25 heavy (non-hydrogen) atoms. The van der Waals surface area contributed by atoms with E-state index >= 15 is 0 Å². The number of ether oxygens (including phenoxy) is 1. The molecule has 0 aliphatic carbocycles. The summed E-state index contributed by atoms with van der Waals surface area (Å²) < 4.78 is 34.4. The number of aliphatic hydroxyl groups is 1. The standard InChI is InChI=1S/C16H22N4O4S/c1-11(2)24-13-4-6-14(7-5-13)25(22,23)20-9-12(21)8-15(20)16-17-10-19(3)18-16/h4-7,10-12,15,21H,8-9H2,1-3H3/t12-,15+/m0/s1. The number of hydrogen-bond acceptors (Lipinski definition) is 6. The minimum absolute atomic E-state index is 0.01000. The zero-order valence-corrected chi connectivity index (χ0v) is 15.2. The van der Waals surface area contributed by atoms with Gasteiger partial charge in [0.25, 0.3) is 0 Å². The van der Waals surface area contributed by atoms with Crippen LogP contribution >= 0.6 is 0 Å². The predicted molar refractivity (Wildman–Crippen MR) is 90.5 cm³/mol. The number of sulfonamides is 1. The van der Waals surface area contributed by atoms with Gasteiger partial charge in [0, 0.05) is 13.6 Å². The third-order valence-corrected chi connectivity index (χ3v) is 5.84. The first-order chi connectivity index (χ1) is 11.8. The van der Waals surface area contributed by atoms with Crippen molar-refractivity contribution in [3.63, 3.8) is 0 Å². The lowest BCUT2D eigenvalue weighted by Gasteiger charge is -2.22. The summed E-state index contributed by atoms with van der Waals surface area (Å²) >= 11 is 0. The lowest BCUT2D eigenvalue weighted by molar-refractivity contribution is 0.188. The molecule has 1 aliphatic rings. The summed E-state index contributed by atoms with van der Waals surface area (Å²) in [5.41, 5.74) is 0. The smallest absolute Gasteiger partial charge is 0.243 e. The highest BCUT2D eigenvalue weighted by Crippen LogP contribution is 2.35. The number of nitrogens with zero attached hydrogens (tertiary/aromatic N) is 4. The quantitative estimate of drug-likeness (QED) is 0.851. The first-order valence-corrected chi connectivity index (χ1v) is 9.53. The van der Waals surface area contributed by atoms with Gasteiger partial charge >= 0.3 is 0 Å². The molecule has 1 saturated heterocycles. The van der Waals surface area contributed by atoms with Crippen LogP contribution in [0.25, 0.3) is 0 Å². The van der Waals surface area contributed by atoms with Gasteiger partial charge in [-0.25, -0.2) is 13.4 Å². The zero-order chi connectivity index (χ0) is 18.2. The van der Waals surface area contributed by atoms with Gasteiger partial charge in [-0.3, -0.25) is 4.68 Å². The molecule has 8 nitrogen and oxygen atoms in total. The lowest BCUT2D eigenvalue weighted by Crippen LogP contribution is -2.32. The second-order valence-corrected chi connectivity index (χ2v) is 8.29. The van der Waals surface area contributed by atoms with E-state index in [0.717, 1.165) is 0 Å². The predicted octanol–water partition coefficient (Wildman–Crippen LogP) is 1.10. The molecule has 0 bridgehead atoms. The van der Waals surface area contributed by atoms with Crippen molar-refractivity contribution < 1.29 is 18.3 Å². The number of β-amino-alcohol motifs (C(OH)–C–C–N with tert-alkyl or cyclic N) is 1. The van der Waals surface area contributed by atoms with Gasteiger partial charge < -0.3 is 9.84 Å². The lowest BCUT2D eigenvalue weighted by atomic mass is 10.2. The Morgan fingerprint density at radius 1 is 1.28 bits per heavy atom. The van der Waals surface area contributed by atoms with E-state index in [1.54, 1.807) is 19.2 Å². The normalized spacial score (nSPS) is 21.8. The maximum absolute atomic E-state index is 13.0. The molecule has 0 spiro atoms. The van der Waals surface area contributed by atoms with Gasteiger partial charge in [-0.1, -0.05) is 0 Å². The van der Waals surface area contributed by atoms with E-state index in [1.807, 2.05) is 13.8 Å². The SMILES string of the molecule is CC(C)Oc1ccc(S(=O)(=O)N2C[C@@H](O)C[C@@H]2c2ncn(C)n2)cc1. The summed E-state index contributed by atoms with van der Waals surface area (Å²) in [5.74, 6) is 1.00. The fourth-order valence-corrected chi connectivity index (χ4v) is 4.53. The van der Waals surface area contributed by atoms with E-state index in [4.69, 9.17) is 4.74 Å². The molecule has 1 aliphatic heterocycles. The summed E-state index contributed by atoms with van der Waals surface area (Å²) in [6, 6.07) is 5.72. The van der Waals surface area contributed by atoms with Gasteiger partial charge in [0.05, 0.1) is 23.1 Å². The Hall–Kier alpha value is -1.97. The maximum atomic E-state index is 13.0. The van der Waals surface area contributed by atoms with Gasteiger partial charge in [-0.05, 0) is 44.5 Å². The monoisotopic (exact) mass is 366 g/mol. The van der Waals surface area contributed by atoms with Gasteiger partial charge in [0.15, 0.2) is 5.82 Å². The highest BCUT2D eigenvalue weighted by atomic mass is 32.2. The van der Waals surface area contributed by atoms with E-state index in [9.17, 15) is 13.5 Å². The Morgan fingerprint density at radius 3 is 2.52 bits per heavy atom. The van der Waals surface area contributed by atoms with Gasteiger partial charge in [0.1, 0.15) is 12.1 Å². The average molecular weight is 366 g/mol. The van der Waals surface area contributed by atoms with Gasteiger partial charge in [0.2, 0.25) is 10.0 Å². The Kier molecular flexibility index (Phi) is 4.81. The van der Waals surface area contributed by atoms with Crippen molar-refractivity contribution >= 4 is 10.0 Å². The van der Waals surface area contributed by atoms with Crippen molar-refractivity contribution in [1.82, 2.24) is 19.1 Å². The van der Waals surface area contributed by atoms with Crippen molar-refractivity contribution in [1.29, 1.82) is 0 Å². The highest BCUT2D eigenvalue weighted by Gasteiger charge is 2.42. The molecular formula is C16H22N4O4S. The fraction of sp³-hybridized carbons (Fsp3) is 0.500. The molecule has 0 radical (unpaired) electrons. The van der Waals surface area contributed by atoms with Crippen LogP contribution in [0.4, 0.5) is 0 Å². The molecule has 2 atom stereocenters. The van der Waals surface area contributed by atoms with E-state index in [1.165, 1.54) is 27.4 Å². The molecule has 2 heterocycles. The van der Waals surface area contributed by atoms with Crippen LogP contribution in [-0.4, -0.2) is 51.3 Å². The largest absolute Gasteiger partial charge is 0.491 e. The topological polar surface area (TPSA) is 97.5 Å². The van der Waals surface area contributed by atoms with E-state index < -0.39 is 22.2 Å². The summed E-state index contributed by atoms with van der Waals surface area (Å²) in [7, 11) is -2.06. The zero-order valence-electron chi connectivity index (χ0n) is 14.4. The van der Waals surface area contributed by atoms with Crippen molar-refractivity contribution in [3.8, 4) is 5.75 Å². The number of aliphatic hydroxyl groups excluding tert-OH is 1. The van der Waals surface area contributed by atoms with E-state index in [2.05, 4.69) is 10.1 Å². The Bertz CT molecular complexity index is 832. The molecule has 1 fully saturated rings. The molecule has 0 amide bonds.